The predicted octanol–water partition coefficient (Wildman–Crippen LogP) is 4.68. The molecule has 0 unspecified atom stereocenters. The first-order valence-electron chi connectivity index (χ1n) is 12.7. The molecule has 7 atom stereocenters. The third-order valence-corrected chi connectivity index (χ3v) is 9.02. The highest BCUT2D eigenvalue weighted by molar-refractivity contribution is 7.88. The molecule has 8 heteroatoms. The normalized spacial score (nSPS) is 32.2. The van der Waals surface area contributed by atoms with Crippen molar-refractivity contribution in [2.45, 2.75) is 38.7 Å². The summed E-state index contributed by atoms with van der Waals surface area (Å²) in [5, 5.41) is 0. The maximum atomic E-state index is 13.6. The Morgan fingerprint density at radius 3 is 2.72 bits per heavy atom. The summed E-state index contributed by atoms with van der Waals surface area (Å²) in [6, 6.07) is 10.3. The second-order valence-electron chi connectivity index (χ2n) is 10.7. The Morgan fingerprint density at radius 1 is 1.17 bits per heavy atom. The lowest BCUT2D eigenvalue weighted by Crippen LogP contribution is -2.45. The van der Waals surface area contributed by atoms with Gasteiger partial charge in [-0.25, -0.2) is 17.5 Å². The number of fused-ring (bicyclic) bond motifs is 2. The van der Waals surface area contributed by atoms with Gasteiger partial charge in [0, 0.05) is 24.2 Å². The van der Waals surface area contributed by atoms with Crippen LogP contribution in [0.3, 0.4) is 0 Å². The largest absolute Gasteiger partial charge is 0.462 e. The number of aromatic nitrogens is 1. The van der Waals surface area contributed by atoms with Crippen LogP contribution in [0.1, 0.15) is 38.3 Å². The summed E-state index contributed by atoms with van der Waals surface area (Å²) in [4.78, 5) is 17.3. The number of ether oxygens (including phenoxy) is 1. The summed E-state index contributed by atoms with van der Waals surface area (Å²) < 4.78 is 45.1. The smallest absolute Gasteiger partial charge is 0.309 e. The quantitative estimate of drug-likeness (QED) is 0.568. The fraction of sp³-hybridized carbons (Fsp3) is 0.500. The average Bonchev–Trinajstić information content (AvgIpc) is 3.13. The predicted molar refractivity (Wildman–Crippen MR) is 136 cm³/mol. The number of pyridine rings is 1. The molecule has 0 amide bonds. The first-order valence-corrected chi connectivity index (χ1v) is 14.6. The van der Waals surface area contributed by atoms with Crippen molar-refractivity contribution in [1.29, 1.82) is 0 Å². The molecule has 1 N–H and O–H groups in total. The van der Waals surface area contributed by atoms with Crippen molar-refractivity contribution in [1.82, 2.24) is 9.71 Å². The van der Waals surface area contributed by atoms with E-state index in [2.05, 4.69) is 15.8 Å². The van der Waals surface area contributed by atoms with Gasteiger partial charge in [-0.15, -0.1) is 0 Å². The Kier molecular flexibility index (Phi) is 7.01. The Balaban J connectivity index is 1.34. The van der Waals surface area contributed by atoms with Gasteiger partial charge in [0.25, 0.3) is 0 Å². The van der Waals surface area contributed by atoms with Gasteiger partial charge in [0.15, 0.2) is 0 Å². The van der Waals surface area contributed by atoms with Crippen molar-refractivity contribution in [3.05, 3.63) is 60.2 Å². The number of nitrogens with one attached hydrogen (secondary N) is 1. The molecule has 5 rings (SSSR count). The maximum absolute atomic E-state index is 13.6. The molecule has 2 aromatic rings. The molecule has 2 aliphatic carbocycles. The first kappa shape index (κ1) is 25.1. The Hall–Kier alpha value is -2.58. The second kappa shape index (κ2) is 10.1. The van der Waals surface area contributed by atoms with E-state index >= 15 is 0 Å². The zero-order valence-corrected chi connectivity index (χ0v) is 21.5. The van der Waals surface area contributed by atoms with E-state index in [-0.39, 0.29) is 41.6 Å². The van der Waals surface area contributed by atoms with Crippen molar-refractivity contribution >= 4 is 22.1 Å². The molecule has 6 nitrogen and oxygen atoms in total. The Labute approximate surface area is 212 Å². The van der Waals surface area contributed by atoms with E-state index in [9.17, 15) is 17.6 Å². The Morgan fingerprint density at radius 2 is 2.00 bits per heavy atom. The number of cyclic esters (lactones) is 1. The summed E-state index contributed by atoms with van der Waals surface area (Å²) in [6.45, 7) is 2.45. The van der Waals surface area contributed by atoms with Crippen LogP contribution in [-0.4, -0.2) is 38.3 Å². The van der Waals surface area contributed by atoms with Gasteiger partial charge in [-0.05, 0) is 86.1 Å². The maximum Gasteiger partial charge on any atom is 0.309 e. The SMILES string of the molecule is C[C@H]1OC(=O)[C@@H]2C[C@@H]3C[C@H](CNS(C)(=O)=O)CC[C@H]3[C@H](/C=C/c3ccc(-c4cccc(F)c4)cn3)[C@H]12. The third-order valence-electron chi connectivity index (χ3n) is 8.32. The van der Waals surface area contributed by atoms with Gasteiger partial charge in [0.1, 0.15) is 11.9 Å². The van der Waals surface area contributed by atoms with Crippen LogP contribution in [0.15, 0.2) is 48.7 Å². The van der Waals surface area contributed by atoms with Crippen LogP contribution < -0.4 is 4.72 Å². The first-order chi connectivity index (χ1) is 17.2. The molecular weight excluding hydrogens is 479 g/mol. The molecule has 0 spiro atoms. The highest BCUT2D eigenvalue weighted by Crippen LogP contribution is 2.54. The van der Waals surface area contributed by atoms with Crippen LogP contribution in [0, 0.1) is 41.3 Å². The van der Waals surface area contributed by atoms with Gasteiger partial charge < -0.3 is 4.74 Å². The molecule has 192 valence electrons. The highest BCUT2D eigenvalue weighted by Gasteiger charge is 2.54. The molecule has 2 saturated carbocycles. The molecular formula is C28H33FN2O4S. The number of nitrogens with zero attached hydrogens (tertiary/aromatic N) is 1. The van der Waals surface area contributed by atoms with E-state index in [0.29, 0.717) is 18.4 Å². The van der Waals surface area contributed by atoms with Crippen molar-refractivity contribution in [3.63, 3.8) is 0 Å². The van der Waals surface area contributed by atoms with Crippen LogP contribution in [0.5, 0.6) is 0 Å². The average molecular weight is 513 g/mol. The number of hydrogen-bond donors (Lipinski definition) is 1. The summed E-state index contributed by atoms with van der Waals surface area (Å²) in [5.41, 5.74) is 2.46. The van der Waals surface area contributed by atoms with Crippen LogP contribution in [-0.2, 0) is 19.6 Å². The number of allylic oxidation sites excluding steroid dienone is 1. The van der Waals surface area contributed by atoms with Gasteiger partial charge in [0.2, 0.25) is 10.0 Å². The molecule has 2 heterocycles. The number of esters is 1. The van der Waals surface area contributed by atoms with E-state index in [1.807, 2.05) is 31.2 Å². The Bertz CT molecular complexity index is 1250. The summed E-state index contributed by atoms with van der Waals surface area (Å²) in [7, 11) is -3.22. The van der Waals surface area contributed by atoms with Crippen LogP contribution in [0.25, 0.3) is 17.2 Å². The van der Waals surface area contributed by atoms with Gasteiger partial charge in [-0.2, -0.15) is 0 Å². The standard InChI is InChI=1S/C28H33FN2O4S/c1-17-27-25(11-9-23-8-7-20(16-30-23)19-4-3-5-22(29)13-19)24-10-6-18(15-31-36(2,33)34)12-21(24)14-26(27)28(32)35-17/h3-5,7-9,11,13,16-18,21,24-27,31H,6,10,12,14-15H2,1-2H3/b11-9+/t17-,18-,21+,24-,25+,26-,27+/m1/s1. The molecule has 1 aromatic heterocycles. The number of hydrogen-bond acceptors (Lipinski definition) is 5. The molecule has 36 heavy (non-hydrogen) atoms. The number of sulfonamides is 1. The lowest BCUT2D eigenvalue weighted by molar-refractivity contribution is -0.144. The van der Waals surface area contributed by atoms with E-state index in [1.54, 1.807) is 12.3 Å². The summed E-state index contributed by atoms with van der Waals surface area (Å²) >= 11 is 0. The summed E-state index contributed by atoms with van der Waals surface area (Å²) in [6.07, 6.45) is 10.8. The lowest BCUT2D eigenvalue weighted by atomic mass is 9.56. The second-order valence-corrected chi connectivity index (χ2v) is 12.5. The monoisotopic (exact) mass is 512 g/mol. The number of halogens is 1. The zero-order chi connectivity index (χ0) is 25.4. The fourth-order valence-electron chi connectivity index (χ4n) is 6.72. The fourth-order valence-corrected chi connectivity index (χ4v) is 7.26. The van der Waals surface area contributed by atoms with Gasteiger partial charge >= 0.3 is 5.97 Å². The van der Waals surface area contributed by atoms with Crippen LogP contribution in [0.4, 0.5) is 4.39 Å². The summed E-state index contributed by atoms with van der Waals surface area (Å²) in [5.74, 6) is 0.939. The molecule has 1 saturated heterocycles. The van der Waals surface area contributed by atoms with Crippen LogP contribution >= 0.6 is 0 Å². The van der Waals surface area contributed by atoms with E-state index < -0.39 is 10.0 Å². The third kappa shape index (κ3) is 5.39. The minimum atomic E-state index is -3.22. The molecule has 3 aliphatic rings. The lowest BCUT2D eigenvalue weighted by Gasteiger charge is -2.47. The number of carbonyl (C=O) groups is 1. The molecule has 1 aromatic carbocycles. The number of rotatable bonds is 6. The van der Waals surface area contributed by atoms with Gasteiger partial charge in [-0.1, -0.05) is 24.3 Å². The molecule has 1 aliphatic heterocycles. The van der Waals surface area contributed by atoms with Crippen molar-refractivity contribution in [3.8, 4) is 11.1 Å². The highest BCUT2D eigenvalue weighted by atomic mass is 32.2. The van der Waals surface area contributed by atoms with E-state index in [4.69, 9.17) is 4.74 Å². The van der Waals surface area contributed by atoms with E-state index in [0.717, 1.165) is 42.5 Å². The van der Waals surface area contributed by atoms with Crippen molar-refractivity contribution in [2.75, 3.05) is 12.8 Å². The van der Waals surface area contributed by atoms with Crippen molar-refractivity contribution in [2.24, 2.45) is 35.5 Å². The molecule has 0 radical (unpaired) electrons. The zero-order valence-electron chi connectivity index (χ0n) is 20.6. The number of carbonyl (C=O) groups excluding carboxylic acids is 1. The van der Waals surface area contributed by atoms with E-state index in [1.165, 1.54) is 18.4 Å². The van der Waals surface area contributed by atoms with Gasteiger partial charge in [0.05, 0.1) is 17.9 Å². The van der Waals surface area contributed by atoms with Crippen LogP contribution in [0.2, 0.25) is 0 Å². The van der Waals surface area contributed by atoms with Gasteiger partial charge in [-0.3, -0.25) is 9.78 Å². The topological polar surface area (TPSA) is 85.4 Å². The number of benzene rings is 1. The molecule has 0 bridgehead atoms. The molecule has 3 fully saturated rings. The minimum Gasteiger partial charge on any atom is -0.462 e. The minimum absolute atomic E-state index is 0.0988. The van der Waals surface area contributed by atoms with Crippen molar-refractivity contribution < 1.29 is 22.3 Å².